The summed E-state index contributed by atoms with van der Waals surface area (Å²) in [4.78, 5) is 20.6. The molecule has 0 unspecified atom stereocenters. The molecule has 1 atom stereocenters. The third-order valence-corrected chi connectivity index (χ3v) is 4.39. The van der Waals surface area contributed by atoms with Crippen LogP contribution < -0.4 is 16.4 Å². The Bertz CT molecular complexity index is 871. The lowest BCUT2D eigenvalue weighted by atomic mass is 10.1. The zero-order valence-corrected chi connectivity index (χ0v) is 15.5. The molecular weight excluding hydrogens is 363 g/mol. The normalized spacial score (nSPS) is 14.4. The molecule has 1 saturated carbocycles. The maximum absolute atomic E-state index is 13.3. The Balaban J connectivity index is 1.60. The number of nitrogen functional groups attached to an aromatic ring is 1. The lowest BCUT2D eigenvalue weighted by molar-refractivity contribution is 0.166. The van der Waals surface area contributed by atoms with Gasteiger partial charge in [-0.05, 0) is 25.0 Å². The van der Waals surface area contributed by atoms with Gasteiger partial charge >= 0.3 is 6.03 Å². The molecular formula is C19H23FN6O2. The number of nitrogens with one attached hydrogen (secondary N) is 3. The van der Waals surface area contributed by atoms with Crippen molar-refractivity contribution in [2.45, 2.75) is 25.3 Å². The molecule has 8 nitrogen and oxygen atoms in total. The first-order chi connectivity index (χ1) is 13.5. The van der Waals surface area contributed by atoms with E-state index in [0.717, 1.165) is 12.8 Å². The second-order valence-corrected chi connectivity index (χ2v) is 6.76. The molecule has 0 bridgehead atoms. The van der Waals surface area contributed by atoms with Gasteiger partial charge in [-0.2, -0.15) is 0 Å². The first kappa shape index (κ1) is 19.7. The number of aromatic nitrogens is 2. The Morgan fingerprint density at radius 1 is 1.43 bits per heavy atom. The molecule has 1 fully saturated rings. The van der Waals surface area contributed by atoms with E-state index in [1.54, 1.807) is 0 Å². The van der Waals surface area contributed by atoms with Crippen molar-refractivity contribution in [3.63, 3.8) is 0 Å². The molecule has 1 aliphatic rings. The number of carbonyl (C=O) groups excluding carboxylic acids is 1. The minimum absolute atomic E-state index is 0.235. The molecule has 0 aromatic carbocycles. The van der Waals surface area contributed by atoms with E-state index in [2.05, 4.69) is 20.6 Å². The average molecular weight is 386 g/mol. The molecule has 2 aromatic rings. The minimum Gasteiger partial charge on any atom is -0.398 e. The maximum Gasteiger partial charge on any atom is 0.320 e. The number of amides is 2. The number of urea groups is 1. The van der Waals surface area contributed by atoms with Gasteiger partial charge in [-0.25, -0.2) is 14.2 Å². The number of hydrogen-bond acceptors (Lipinski definition) is 6. The van der Waals surface area contributed by atoms with Crippen LogP contribution in [-0.4, -0.2) is 41.5 Å². The fraction of sp³-hybridized carbons (Fsp3) is 0.368. The van der Waals surface area contributed by atoms with E-state index < -0.39 is 12.1 Å². The molecule has 5 N–H and O–H groups in total. The van der Waals surface area contributed by atoms with E-state index in [9.17, 15) is 9.18 Å². The number of pyridine rings is 2. The second kappa shape index (κ2) is 8.75. The molecule has 2 aromatic heterocycles. The number of anilines is 2. The fourth-order valence-corrected chi connectivity index (χ4v) is 2.86. The van der Waals surface area contributed by atoms with E-state index in [-0.39, 0.29) is 24.2 Å². The highest BCUT2D eigenvalue weighted by Crippen LogP contribution is 2.34. The van der Waals surface area contributed by atoms with Crippen LogP contribution in [0.1, 0.15) is 24.1 Å². The summed E-state index contributed by atoms with van der Waals surface area (Å²) >= 11 is 0. The summed E-state index contributed by atoms with van der Waals surface area (Å²) in [5.74, 6) is 0.155. The van der Waals surface area contributed by atoms with Crippen molar-refractivity contribution in [1.29, 1.82) is 5.41 Å². The zero-order chi connectivity index (χ0) is 20.1. The Morgan fingerprint density at radius 2 is 2.21 bits per heavy atom. The van der Waals surface area contributed by atoms with E-state index in [4.69, 9.17) is 15.9 Å². The zero-order valence-electron chi connectivity index (χ0n) is 15.5. The molecule has 2 heterocycles. The first-order valence-electron chi connectivity index (χ1n) is 8.97. The van der Waals surface area contributed by atoms with Crippen molar-refractivity contribution < 1.29 is 13.9 Å². The number of nitrogens with two attached hydrogens (primary N) is 1. The van der Waals surface area contributed by atoms with Crippen LogP contribution in [0, 0.1) is 17.1 Å². The Morgan fingerprint density at radius 3 is 2.86 bits per heavy atom. The molecule has 3 rings (SSSR count). The van der Waals surface area contributed by atoms with Gasteiger partial charge in [0.25, 0.3) is 0 Å². The summed E-state index contributed by atoms with van der Waals surface area (Å²) in [5.41, 5.74) is 8.01. The van der Waals surface area contributed by atoms with Crippen molar-refractivity contribution >= 4 is 23.2 Å². The van der Waals surface area contributed by atoms with Crippen molar-refractivity contribution in [2.75, 3.05) is 24.8 Å². The predicted octanol–water partition coefficient (Wildman–Crippen LogP) is 2.35. The Labute approximate surface area is 162 Å². The van der Waals surface area contributed by atoms with Crippen LogP contribution in [0.4, 0.5) is 20.7 Å². The molecule has 148 valence electrons. The lowest BCUT2D eigenvalue weighted by Crippen LogP contribution is -2.42. The quantitative estimate of drug-likeness (QED) is 0.518. The van der Waals surface area contributed by atoms with Gasteiger partial charge in [0.2, 0.25) is 0 Å². The highest BCUT2D eigenvalue weighted by Gasteiger charge is 2.28. The number of rotatable bonds is 8. The molecule has 28 heavy (non-hydrogen) atoms. The second-order valence-electron chi connectivity index (χ2n) is 6.76. The smallest absolute Gasteiger partial charge is 0.320 e. The van der Waals surface area contributed by atoms with E-state index in [0.29, 0.717) is 29.1 Å². The number of carbonyl (C=O) groups is 1. The van der Waals surface area contributed by atoms with Crippen LogP contribution >= 0.6 is 0 Å². The number of halogens is 1. The van der Waals surface area contributed by atoms with Gasteiger partial charge in [0, 0.05) is 60.6 Å². The van der Waals surface area contributed by atoms with Gasteiger partial charge < -0.3 is 21.2 Å². The van der Waals surface area contributed by atoms with Gasteiger partial charge in [0.05, 0.1) is 12.6 Å². The first-order valence-corrected chi connectivity index (χ1v) is 8.97. The van der Waals surface area contributed by atoms with Crippen molar-refractivity contribution in [2.24, 2.45) is 5.92 Å². The number of hydrogen-bond donors (Lipinski definition) is 4. The Kier molecular flexibility index (Phi) is 6.15. The van der Waals surface area contributed by atoms with Crippen LogP contribution in [0.3, 0.4) is 0 Å². The lowest BCUT2D eigenvalue weighted by Gasteiger charge is -2.18. The molecule has 0 radical (unpaired) electrons. The topological polar surface area (TPSA) is 126 Å². The minimum atomic E-state index is -0.490. The van der Waals surface area contributed by atoms with Gasteiger partial charge in [0.1, 0.15) is 11.6 Å². The average Bonchev–Trinajstić information content (AvgIpc) is 3.46. The third kappa shape index (κ3) is 5.23. The number of nitrogens with zero attached hydrogens (tertiary/aromatic N) is 2. The van der Waals surface area contributed by atoms with Gasteiger partial charge in [-0.15, -0.1) is 0 Å². The molecule has 0 spiro atoms. The monoisotopic (exact) mass is 386 g/mol. The SMILES string of the molecule is COC[C@H](Cc1cc(F)ccn1)NC(=O)Nc1cc(N)c(C(=N)C2CC2)cn1. The summed E-state index contributed by atoms with van der Waals surface area (Å²) < 4.78 is 18.5. The standard InChI is InChI=1S/C19H23FN6O2/c1-28-10-14(7-13-6-12(20)4-5-23-13)25-19(27)26-17-8-16(21)15(9-24-17)18(22)11-2-3-11/h4-6,8-9,11,14,22H,2-3,7,10H2,1H3,(H4,21,24,25,26,27)/t14-/m0/s1. The van der Waals surface area contributed by atoms with E-state index in [1.165, 1.54) is 37.7 Å². The molecule has 1 aliphatic carbocycles. The van der Waals surface area contributed by atoms with Crippen LogP contribution in [0.25, 0.3) is 0 Å². The van der Waals surface area contributed by atoms with Crippen LogP contribution in [-0.2, 0) is 11.2 Å². The van der Waals surface area contributed by atoms with Crippen LogP contribution in [0.2, 0.25) is 0 Å². The highest BCUT2D eigenvalue weighted by atomic mass is 19.1. The summed E-state index contributed by atoms with van der Waals surface area (Å²) in [7, 11) is 1.52. The largest absolute Gasteiger partial charge is 0.398 e. The van der Waals surface area contributed by atoms with E-state index >= 15 is 0 Å². The van der Waals surface area contributed by atoms with Gasteiger partial charge in [-0.3, -0.25) is 10.3 Å². The molecule has 2 amide bonds. The van der Waals surface area contributed by atoms with Crippen molar-refractivity contribution in [3.05, 3.63) is 47.7 Å². The maximum atomic E-state index is 13.3. The van der Waals surface area contributed by atoms with Crippen molar-refractivity contribution in [1.82, 2.24) is 15.3 Å². The summed E-state index contributed by atoms with van der Waals surface area (Å²) in [5, 5.41) is 13.5. The van der Waals surface area contributed by atoms with E-state index in [1.807, 2.05) is 0 Å². The molecule has 0 saturated heterocycles. The molecule has 9 heteroatoms. The van der Waals surface area contributed by atoms with Gasteiger partial charge in [-0.1, -0.05) is 0 Å². The Hall–Kier alpha value is -3.07. The predicted molar refractivity (Wildman–Crippen MR) is 104 cm³/mol. The molecule has 0 aliphatic heterocycles. The highest BCUT2D eigenvalue weighted by molar-refractivity contribution is 6.05. The summed E-state index contributed by atoms with van der Waals surface area (Å²) in [6.07, 6.45) is 5.20. The van der Waals surface area contributed by atoms with Crippen LogP contribution in [0.5, 0.6) is 0 Å². The van der Waals surface area contributed by atoms with Gasteiger partial charge in [0.15, 0.2) is 0 Å². The van der Waals surface area contributed by atoms with Crippen LogP contribution in [0.15, 0.2) is 30.6 Å². The summed E-state index contributed by atoms with van der Waals surface area (Å²) in [6, 6.07) is 3.22. The number of ether oxygens (including phenoxy) is 1. The fourth-order valence-electron chi connectivity index (χ4n) is 2.86. The number of methoxy groups -OCH3 is 1. The summed E-state index contributed by atoms with van der Waals surface area (Å²) in [6.45, 7) is 0.235. The third-order valence-electron chi connectivity index (χ3n) is 4.39. The van der Waals surface area contributed by atoms with Crippen molar-refractivity contribution in [3.8, 4) is 0 Å².